The minimum atomic E-state index is -4.45. The van der Waals surface area contributed by atoms with E-state index in [1.807, 2.05) is 0 Å². The van der Waals surface area contributed by atoms with Gasteiger partial charge in [0.05, 0.1) is 5.56 Å². The number of carbonyl (C=O) groups excluding carboxylic acids is 2. The van der Waals surface area contributed by atoms with Crippen molar-refractivity contribution in [2.45, 2.75) is 6.18 Å². The number of esters is 1. The van der Waals surface area contributed by atoms with Crippen LogP contribution in [0.2, 0.25) is 0 Å². The average Bonchev–Trinajstić information content (AvgIpc) is 2.59. The fourth-order valence-electron chi connectivity index (χ4n) is 1.80. The number of benzene rings is 2. The van der Waals surface area contributed by atoms with Crippen molar-refractivity contribution in [1.29, 1.82) is 0 Å². The van der Waals surface area contributed by atoms with Gasteiger partial charge in [-0.05, 0) is 71.1 Å². The van der Waals surface area contributed by atoms with Gasteiger partial charge in [-0.25, -0.2) is 4.79 Å². The molecule has 0 saturated carbocycles. The van der Waals surface area contributed by atoms with E-state index in [1.165, 1.54) is 0 Å². The van der Waals surface area contributed by atoms with Gasteiger partial charge >= 0.3 is 12.1 Å². The molecule has 0 unspecified atom stereocenters. The number of hydrogen-bond acceptors (Lipinski definition) is 4. The number of alkyl halides is 3. The predicted molar refractivity (Wildman–Crippen MR) is 95.7 cm³/mol. The van der Waals surface area contributed by atoms with Crippen LogP contribution in [0.1, 0.15) is 5.56 Å². The second kappa shape index (κ2) is 8.88. The first-order valence-electron chi connectivity index (χ1n) is 7.25. The first-order valence-corrected chi connectivity index (χ1v) is 8.33. The number of carbonyl (C=O) groups is 2. The van der Waals surface area contributed by atoms with Crippen LogP contribution < -0.4 is 10.1 Å². The molecule has 0 aromatic heterocycles. The largest absolute Gasteiger partial charge is 0.482 e. The van der Waals surface area contributed by atoms with Gasteiger partial charge in [-0.3, -0.25) is 4.79 Å². The molecule has 0 heterocycles. The Balaban J connectivity index is 1.74. The minimum Gasteiger partial charge on any atom is -0.482 e. The standard InChI is InChI=1S/C17H13F3INO4/c18-17(19,20)11-1-5-13(6-2-11)22-15(23)9-26-16(24)10-25-14-7-3-12(21)4-8-14/h1-8H,9-10H2,(H,22,23). The summed E-state index contributed by atoms with van der Waals surface area (Å²) in [5, 5.41) is 2.33. The molecule has 2 aromatic rings. The van der Waals surface area contributed by atoms with Gasteiger partial charge in [0.1, 0.15) is 5.75 Å². The number of ether oxygens (including phenoxy) is 2. The lowest BCUT2D eigenvalue weighted by atomic mass is 10.2. The van der Waals surface area contributed by atoms with Crippen LogP contribution in [0.25, 0.3) is 0 Å². The van der Waals surface area contributed by atoms with Crippen LogP contribution in [0.5, 0.6) is 5.75 Å². The molecule has 26 heavy (non-hydrogen) atoms. The van der Waals surface area contributed by atoms with E-state index in [1.54, 1.807) is 24.3 Å². The van der Waals surface area contributed by atoms with E-state index in [9.17, 15) is 22.8 Å². The molecule has 0 aliphatic rings. The molecule has 0 saturated heterocycles. The van der Waals surface area contributed by atoms with Crippen molar-refractivity contribution in [3.63, 3.8) is 0 Å². The second-order valence-electron chi connectivity index (χ2n) is 5.03. The maximum atomic E-state index is 12.4. The molecule has 5 nitrogen and oxygen atoms in total. The van der Waals surface area contributed by atoms with Crippen LogP contribution in [-0.4, -0.2) is 25.1 Å². The molecule has 0 aliphatic carbocycles. The molecule has 9 heteroatoms. The van der Waals surface area contributed by atoms with Crippen molar-refractivity contribution in [2.24, 2.45) is 0 Å². The Labute approximate surface area is 160 Å². The van der Waals surface area contributed by atoms with Crippen LogP contribution in [0.15, 0.2) is 48.5 Å². The first-order chi connectivity index (χ1) is 12.2. The van der Waals surface area contributed by atoms with Crippen molar-refractivity contribution in [1.82, 2.24) is 0 Å². The van der Waals surface area contributed by atoms with E-state index in [0.717, 1.165) is 27.8 Å². The second-order valence-corrected chi connectivity index (χ2v) is 6.27. The molecule has 0 spiro atoms. The smallest absolute Gasteiger partial charge is 0.416 e. The van der Waals surface area contributed by atoms with E-state index in [0.29, 0.717) is 5.75 Å². The lowest BCUT2D eigenvalue weighted by Crippen LogP contribution is -2.23. The van der Waals surface area contributed by atoms with Gasteiger partial charge < -0.3 is 14.8 Å². The van der Waals surface area contributed by atoms with Crippen LogP contribution in [0, 0.1) is 3.57 Å². The maximum Gasteiger partial charge on any atom is 0.416 e. The number of hydrogen-bond donors (Lipinski definition) is 1. The highest BCUT2D eigenvalue weighted by molar-refractivity contribution is 14.1. The molecule has 2 rings (SSSR count). The third-order valence-corrected chi connectivity index (χ3v) is 3.75. The topological polar surface area (TPSA) is 64.6 Å². The summed E-state index contributed by atoms with van der Waals surface area (Å²) < 4.78 is 48.3. The zero-order valence-corrected chi connectivity index (χ0v) is 15.3. The molecule has 0 radical (unpaired) electrons. The van der Waals surface area contributed by atoms with Crippen molar-refractivity contribution in [3.05, 3.63) is 57.7 Å². The molecule has 0 atom stereocenters. The fraction of sp³-hybridized carbons (Fsp3) is 0.176. The summed E-state index contributed by atoms with van der Waals surface area (Å²) in [6, 6.07) is 10.9. The van der Waals surface area contributed by atoms with E-state index in [-0.39, 0.29) is 12.3 Å². The van der Waals surface area contributed by atoms with Gasteiger partial charge in [0.15, 0.2) is 13.2 Å². The summed E-state index contributed by atoms with van der Waals surface area (Å²) in [6.07, 6.45) is -4.45. The van der Waals surface area contributed by atoms with Crippen molar-refractivity contribution >= 4 is 40.2 Å². The van der Waals surface area contributed by atoms with Crippen LogP contribution >= 0.6 is 22.6 Å². The molecule has 0 bridgehead atoms. The minimum absolute atomic E-state index is 0.161. The summed E-state index contributed by atoms with van der Waals surface area (Å²) in [6.45, 7) is -0.940. The zero-order valence-electron chi connectivity index (χ0n) is 13.2. The number of halogens is 4. The van der Waals surface area contributed by atoms with Crippen molar-refractivity contribution < 1.29 is 32.2 Å². The van der Waals surface area contributed by atoms with Gasteiger partial charge in [-0.15, -0.1) is 0 Å². The third-order valence-electron chi connectivity index (χ3n) is 3.03. The number of anilines is 1. The first kappa shape index (κ1) is 20.0. The highest BCUT2D eigenvalue weighted by Gasteiger charge is 2.29. The summed E-state index contributed by atoms with van der Waals surface area (Å²) in [5.41, 5.74) is -0.663. The molecular weight excluding hydrogens is 466 g/mol. The highest BCUT2D eigenvalue weighted by atomic mass is 127. The molecule has 138 valence electrons. The van der Waals surface area contributed by atoms with Gasteiger partial charge in [0.25, 0.3) is 5.91 Å². The normalized spacial score (nSPS) is 10.9. The number of amides is 1. The van der Waals surface area contributed by atoms with Crippen LogP contribution in [0.3, 0.4) is 0 Å². The van der Waals surface area contributed by atoms with E-state index < -0.39 is 30.2 Å². The summed E-state index contributed by atoms with van der Waals surface area (Å²) >= 11 is 2.13. The Morgan fingerprint density at radius 2 is 1.58 bits per heavy atom. The van der Waals surface area contributed by atoms with E-state index in [2.05, 4.69) is 27.9 Å². The molecule has 1 N–H and O–H groups in total. The number of rotatable bonds is 6. The molecule has 0 aliphatic heterocycles. The van der Waals surface area contributed by atoms with Crippen molar-refractivity contribution in [3.8, 4) is 5.75 Å². The molecule has 0 fully saturated rings. The van der Waals surface area contributed by atoms with Gasteiger partial charge in [0.2, 0.25) is 0 Å². The lowest BCUT2D eigenvalue weighted by molar-refractivity contribution is -0.149. The maximum absolute atomic E-state index is 12.4. The van der Waals surface area contributed by atoms with E-state index >= 15 is 0 Å². The van der Waals surface area contributed by atoms with Gasteiger partial charge in [-0.2, -0.15) is 13.2 Å². The Bertz CT molecular complexity index is 761. The Hall–Kier alpha value is -2.30. The van der Waals surface area contributed by atoms with Crippen LogP contribution in [-0.2, 0) is 20.5 Å². The third kappa shape index (κ3) is 6.54. The van der Waals surface area contributed by atoms with Gasteiger partial charge in [0, 0.05) is 9.26 Å². The highest BCUT2D eigenvalue weighted by Crippen LogP contribution is 2.29. The molecule has 1 amide bonds. The monoisotopic (exact) mass is 479 g/mol. The SMILES string of the molecule is O=C(COC(=O)COc1ccc(I)cc1)Nc1ccc(C(F)(F)F)cc1. The van der Waals surface area contributed by atoms with Crippen molar-refractivity contribution in [2.75, 3.05) is 18.5 Å². The summed E-state index contributed by atoms with van der Waals surface area (Å²) in [7, 11) is 0. The fourth-order valence-corrected chi connectivity index (χ4v) is 2.16. The average molecular weight is 479 g/mol. The lowest BCUT2D eigenvalue weighted by Gasteiger charge is -2.09. The van der Waals surface area contributed by atoms with E-state index in [4.69, 9.17) is 9.47 Å². The summed E-state index contributed by atoms with van der Waals surface area (Å²) in [4.78, 5) is 23.2. The quantitative estimate of drug-likeness (QED) is 0.505. The van der Waals surface area contributed by atoms with Crippen LogP contribution in [0.4, 0.5) is 18.9 Å². The Kier molecular flexibility index (Phi) is 6.83. The summed E-state index contributed by atoms with van der Waals surface area (Å²) in [5.74, 6) is -0.935. The molecular formula is C17H13F3INO4. The zero-order chi connectivity index (χ0) is 19.2. The Morgan fingerprint density at radius 3 is 2.15 bits per heavy atom. The van der Waals surface area contributed by atoms with Gasteiger partial charge in [-0.1, -0.05) is 0 Å². The number of nitrogens with one attached hydrogen (secondary N) is 1. The Morgan fingerprint density at radius 1 is 0.962 bits per heavy atom. The predicted octanol–water partition coefficient (Wildman–Crippen LogP) is 3.87. The molecule has 2 aromatic carbocycles.